The third-order valence-corrected chi connectivity index (χ3v) is 4.86. The number of methoxy groups -OCH3 is 1. The zero-order valence-corrected chi connectivity index (χ0v) is 15.2. The number of rotatable bonds is 5. The largest absolute Gasteiger partial charge is 0.480 e. The van der Waals surface area contributed by atoms with Crippen molar-refractivity contribution in [3.8, 4) is 11.8 Å². The van der Waals surface area contributed by atoms with Gasteiger partial charge in [0.25, 0.3) is 5.91 Å². The zero-order valence-electron chi connectivity index (χ0n) is 15.2. The first-order valence-corrected chi connectivity index (χ1v) is 9.11. The Bertz CT molecular complexity index is 899. The van der Waals surface area contributed by atoms with E-state index in [1.807, 2.05) is 41.1 Å². The number of carbonyl (C=O) groups is 1. The van der Waals surface area contributed by atoms with Crippen molar-refractivity contribution in [3.05, 3.63) is 54.6 Å². The van der Waals surface area contributed by atoms with E-state index in [0.29, 0.717) is 17.3 Å². The minimum Gasteiger partial charge on any atom is -0.480 e. The Morgan fingerprint density at radius 3 is 2.78 bits per heavy atom. The lowest BCUT2D eigenvalue weighted by Gasteiger charge is -2.29. The van der Waals surface area contributed by atoms with Crippen molar-refractivity contribution in [2.75, 3.05) is 7.11 Å². The molecule has 0 aliphatic heterocycles. The molecule has 0 atom stereocenters. The predicted octanol–water partition coefficient (Wildman–Crippen LogP) is 2.86. The summed E-state index contributed by atoms with van der Waals surface area (Å²) in [6, 6.07) is 7.97. The standard InChI is InChI=1S/C20H22N4O3/c1-26-18-11-21-12-19(23-18)27-17-7-5-15(6-8-17)22-20(25)14-10-16-4-2-3-9-24(16)13-14/h2-4,9-13,15,17H,5-8H2,1H3,(H,22,25). The molecule has 4 rings (SSSR count). The first kappa shape index (κ1) is 17.3. The summed E-state index contributed by atoms with van der Waals surface area (Å²) in [6.45, 7) is 0. The quantitative estimate of drug-likeness (QED) is 0.751. The van der Waals surface area contributed by atoms with Crippen molar-refractivity contribution in [1.29, 1.82) is 0 Å². The fraction of sp³-hybridized carbons (Fsp3) is 0.350. The average Bonchev–Trinajstić information content (AvgIpc) is 3.14. The second-order valence-electron chi connectivity index (χ2n) is 6.73. The number of ether oxygens (including phenoxy) is 2. The molecule has 3 aromatic rings. The van der Waals surface area contributed by atoms with E-state index >= 15 is 0 Å². The number of hydrogen-bond donors (Lipinski definition) is 1. The third-order valence-electron chi connectivity index (χ3n) is 4.86. The van der Waals surface area contributed by atoms with E-state index in [0.717, 1.165) is 31.2 Å². The summed E-state index contributed by atoms with van der Waals surface area (Å²) in [6.07, 6.45) is 10.5. The number of pyridine rings is 1. The molecular weight excluding hydrogens is 344 g/mol. The molecule has 3 heterocycles. The number of carbonyl (C=O) groups excluding carboxylic acids is 1. The van der Waals surface area contributed by atoms with Gasteiger partial charge in [0.1, 0.15) is 6.10 Å². The summed E-state index contributed by atoms with van der Waals surface area (Å²) < 4.78 is 12.9. The van der Waals surface area contributed by atoms with Crippen LogP contribution in [-0.4, -0.2) is 39.5 Å². The van der Waals surface area contributed by atoms with E-state index in [1.165, 1.54) is 0 Å². The highest BCUT2D eigenvalue weighted by molar-refractivity contribution is 5.95. The Labute approximate surface area is 157 Å². The van der Waals surface area contributed by atoms with Gasteiger partial charge in [-0.25, -0.2) is 0 Å². The fourth-order valence-electron chi connectivity index (χ4n) is 3.43. The van der Waals surface area contributed by atoms with Crippen LogP contribution in [0.4, 0.5) is 0 Å². The summed E-state index contributed by atoms with van der Waals surface area (Å²) >= 11 is 0. The first-order chi connectivity index (χ1) is 13.2. The maximum absolute atomic E-state index is 12.5. The molecule has 0 aromatic carbocycles. The molecule has 1 aliphatic carbocycles. The molecule has 0 radical (unpaired) electrons. The lowest BCUT2D eigenvalue weighted by molar-refractivity contribution is 0.0889. The number of hydrogen-bond acceptors (Lipinski definition) is 5. The van der Waals surface area contributed by atoms with Crippen LogP contribution in [0.1, 0.15) is 36.0 Å². The summed E-state index contributed by atoms with van der Waals surface area (Å²) in [5.41, 5.74) is 1.70. The molecule has 0 spiro atoms. The number of nitrogens with one attached hydrogen (secondary N) is 1. The van der Waals surface area contributed by atoms with Crippen LogP contribution in [-0.2, 0) is 0 Å². The Balaban J connectivity index is 1.30. The number of amides is 1. The Morgan fingerprint density at radius 1 is 1.19 bits per heavy atom. The molecule has 7 nitrogen and oxygen atoms in total. The van der Waals surface area contributed by atoms with Crippen LogP contribution in [0.2, 0.25) is 0 Å². The Kier molecular flexibility index (Phi) is 4.91. The molecule has 0 unspecified atom stereocenters. The van der Waals surface area contributed by atoms with Crippen LogP contribution in [0.25, 0.3) is 5.52 Å². The van der Waals surface area contributed by atoms with Gasteiger partial charge in [0, 0.05) is 24.0 Å². The number of fused-ring (bicyclic) bond motifs is 1. The maximum Gasteiger partial charge on any atom is 0.253 e. The summed E-state index contributed by atoms with van der Waals surface area (Å²) in [5, 5.41) is 3.14. The topological polar surface area (TPSA) is 77.8 Å². The SMILES string of the molecule is COc1cncc(OC2CCC(NC(=O)c3cc4ccccn4c3)CC2)n1. The first-order valence-electron chi connectivity index (χ1n) is 9.11. The van der Waals surface area contributed by atoms with Crippen LogP contribution in [0.3, 0.4) is 0 Å². The van der Waals surface area contributed by atoms with Gasteiger partial charge in [-0.1, -0.05) is 6.07 Å². The maximum atomic E-state index is 12.5. The van der Waals surface area contributed by atoms with E-state index in [9.17, 15) is 4.79 Å². The predicted molar refractivity (Wildman–Crippen MR) is 100 cm³/mol. The van der Waals surface area contributed by atoms with Gasteiger partial charge in [-0.05, 0) is 43.9 Å². The lowest BCUT2D eigenvalue weighted by Crippen LogP contribution is -2.39. The molecule has 7 heteroatoms. The lowest BCUT2D eigenvalue weighted by atomic mass is 9.93. The zero-order chi connectivity index (χ0) is 18.6. The molecular formula is C20H22N4O3. The Hall–Kier alpha value is -3.09. The van der Waals surface area contributed by atoms with Gasteiger partial charge in [-0.3, -0.25) is 9.78 Å². The second-order valence-corrected chi connectivity index (χ2v) is 6.73. The highest BCUT2D eigenvalue weighted by atomic mass is 16.5. The molecule has 27 heavy (non-hydrogen) atoms. The van der Waals surface area contributed by atoms with Crippen LogP contribution in [0.5, 0.6) is 11.8 Å². The van der Waals surface area contributed by atoms with E-state index in [1.54, 1.807) is 19.5 Å². The molecule has 3 aromatic heterocycles. The minimum absolute atomic E-state index is 0.0262. The van der Waals surface area contributed by atoms with Gasteiger partial charge in [0.15, 0.2) is 0 Å². The third kappa shape index (κ3) is 4.02. The molecule has 0 saturated heterocycles. The number of nitrogens with zero attached hydrogens (tertiary/aromatic N) is 3. The van der Waals surface area contributed by atoms with Crippen molar-refractivity contribution in [2.24, 2.45) is 0 Å². The van der Waals surface area contributed by atoms with Crippen molar-refractivity contribution in [2.45, 2.75) is 37.8 Å². The Morgan fingerprint density at radius 2 is 2.00 bits per heavy atom. The van der Waals surface area contributed by atoms with Gasteiger partial charge >= 0.3 is 0 Å². The highest BCUT2D eigenvalue weighted by Crippen LogP contribution is 2.24. The van der Waals surface area contributed by atoms with E-state index in [-0.39, 0.29) is 18.1 Å². The molecule has 140 valence electrons. The van der Waals surface area contributed by atoms with Crippen molar-refractivity contribution in [3.63, 3.8) is 0 Å². The molecule has 1 saturated carbocycles. The van der Waals surface area contributed by atoms with Crippen molar-refractivity contribution >= 4 is 11.4 Å². The van der Waals surface area contributed by atoms with Gasteiger partial charge in [0.05, 0.1) is 25.1 Å². The summed E-state index contributed by atoms with van der Waals surface area (Å²) in [7, 11) is 1.55. The van der Waals surface area contributed by atoms with Gasteiger partial charge in [-0.15, -0.1) is 0 Å². The van der Waals surface area contributed by atoms with Gasteiger partial charge < -0.3 is 19.2 Å². The monoisotopic (exact) mass is 366 g/mol. The smallest absolute Gasteiger partial charge is 0.253 e. The minimum atomic E-state index is -0.0262. The number of aromatic nitrogens is 3. The highest BCUT2D eigenvalue weighted by Gasteiger charge is 2.24. The average molecular weight is 366 g/mol. The van der Waals surface area contributed by atoms with Crippen molar-refractivity contribution in [1.82, 2.24) is 19.7 Å². The van der Waals surface area contributed by atoms with E-state index in [2.05, 4.69) is 15.3 Å². The van der Waals surface area contributed by atoms with Crippen LogP contribution in [0.15, 0.2) is 49.1 Å². The van der Waals surface area contributed by atoms with Gasteiger partial charge in [0.2, 0.25) is 11.8 Å². The summed E-state index contributed by atoms with van der Waals surface area (Å²) in [5.74, 6) is 0.887. The van der Waals surface area contributed by atoms with Crippen LogP contribution < -0.4 is 14.8 Å². The van der Waals surface area contributed by atoms with Crippen molar-refractivity contribution < 1.29 is 14.3 Å². The van der Waals surface area contributed by atoms with E-state index < -0.39 is 0 Å². The molecule has 0 bridgehead atoms. The summed E-state index contributed by atoms with van der Waals surface area (Å²) in [4.78, 5) is 20.8. The van der Waals surface area contributed by atoms with Crippen LogP contribution in [0, 0.1) is 0 Å². The molecule has 1 aliphatic rings. The second kappa shape index (κ2) is 7.65. The normalized spacial score (nSPS) is 19.6. The van der Waals surface area contributed by atoms with E-state index in [4.69, 9.17) is 9.47 Å². The molecule has 1 fully saturated rings. The van der Waals surface area contributed by atoms with Crippen LogP contribution >= 0.6 is 0 Å². The van der Waals surface area contributed by atoms with Gasteiger partial charge in [-0.2, -0.15) is 4.98 Å². The molecule has 1 amide bonds. The fourth-order valence-corrected chi connectivity index (χ4v) is 3.43. The molecule has 1 N–H and O–H groups in total.